The summed E-state index contributed by atoms with van der Waals surface area (Å²) in [4.78, 5) is 14.6. The number of nitro groups is 1. The number of hydrogen-bond donors (Lipinski definition) is 0. The van der Waals surface area contributed by atoms with E-state index in [1.165, 1.54) is 0 Å². The second-order valence-corrected chi connectivity index (χ2v) is 3.85. The van der Waals surface area contributed by atoms with Crippen LogP contribution in [0.25, 0.3) is 0 Å². The molecule has 0 amide bonds. The van der Waals surface area contributed by atoms with Crippen LogP contribution in [0.2, 0.25) is 0 Å². The van der Waals surface area contributed by atoms with E-state index in [0.717, 1.165) is 11.6 Å². The van der Waals surface area contributed by atoms with Crippen LogP contribution in [0.1, 0.15) is 18.4 Å². The van der Waals surface area contributed by atoms with Gasteiger partial charge in [-0.25, -0.2) is 0 Å². The molecule has 18 heavy (non-hydrogen) atoms. The van der Waals surface area contributed by atoms with E-state index in [1.807, 2.05) is 0 Å². The van der Waals surface area contributed by atoms with Crippen molar-refractivity contribution in [2.24, 2.45) is 7.05 Å². The van der Waals surface area contributed by atoms with Gasteiger partial charge >= 0.3 is 17.8 Å². The molecule has 0 bridgehead atoms. The molecule has 1 rings (SSSR count). The molecule has 0 aliphatic heterocycles. The molecule has 0 unspecified atom stereocenters. The monoisotopic (exact) mass is 266 g/mol. The van der Waals surface area contributed by atoms with Crippen LogP contribution in [-0.4, -0.2) is 33.0 Å². The lowest BCUT2D eigenvalue weighted by Gasteiger charge is -2.13. The fraction of sp³-hybridized carbons (Fsp3) is 0.667. The number of imidazole rings is 1. The molecule has 0 aliphatic rings. The summed E-state index contributed by atoms with van der Waals surface area (Å²) in [7, 11) is 2.78. The molecule has 102 valence electrons. The van der Waals surface area contributed by atoms with E-state index in [1.54, 1.807) is 18.9 Å². The molecule has 0 aliphatic carbocycles. The Kier molecular flexibility index (Phi) is 3.95. The van der Waals surface area contributed by atoms with Crippen LogP contribution < -0.4 is 0 Å². The van der Waals surface area contributed by atoms with Crippen LogP contribution in [0.4, 0.5) is 19.0 Å². The van der Waals surface area contributed by atoms with E-state index in [0.29, 0.717) is 6.54 Å². The van der Waals surface area contributed by atoms with Crippen molar-refractivity contribution in [3.8, 4) is 0 Å². The molecule has 6 nitrogen and oxygen atoms in total. The maximum Gasteiger partial charge on any atom is 0.475 e. The molecule has 0 fully saturated rings. The number of rotatable bonds is 4. The lowest BCUT2D eigenvalue weighted by atomic mass is 10.4. The zero-order valence-corrected chi connectivity index (χ0v) is 10.2. The minimum absolute atomic E-state index is 0.0341. The van der Waals surface area contributed by atoms with Gasteiger partial charge in [-0.3, -0.25) is 4.57 Å². The first-order chi connectivity index (χ1) is 8.18. The summed E-state index contributed by atoms with van der Waals surface area (Å²) < 4.78 is 38.5. The third-order valence-electron chi connectivity index (χ3n) is 2.58. The van der Waals surface area contributed by atoms with E-state index in [4.69, 9.17) is 0 Å². The first-order valence-electron chi connectivity index (χ1n) is 5.14. The highest BCUT2D eigenvalue weighted by atomic mass is 19.4. The Morgan fingerprint density at radius 2 is 2.06 bits per heavy atom. The van der Waals surface area contributed by atoms with Crippen molar-refractivity contribution in [1.29, 1.82) is 0 Å². The first kappa shape index (κ1) is 14.4. The molecule has 1 aromatic rings. The third kappa shape index (κ3) is 2.78. The summed E-state index contributed by atoms with van der Waals surface area (Å²) in [6.07, 6.45) is -4.71. The zero-order chi connectivity index (χ0) is 14.1. The Bertz CT molecular complexity index is 455. The minimum Gasteiger partial charge on any atom is -0.358 e. The molecule has 0 saturated carbocycles. The molecule has 9 heteroatoms. The Balaban J connectivity index is 3.30. The van der Waals surface area contributed by atoms with Crippen LogP contribution in [0.3, 0.4) is 0 Å². The second-order valence-electron chi connectivity index (χ2n) is 3.85. The van der Waals surface area contributed by atoms with Gasteiger partial charge in [-0.05, 0) is 23.5 Å². The predicted molar refractivity (Wildman–Crippen MR) is 56.9 cm³/mol. The molecule has 0 atom stereocenters. The molecular formula is C9H13F3N4O2. The van der Waals surface area contributed by atoms with Crippen LogP contribution in [-0.2, 0) is 19.8 Å². The topological polar surface area (TPSA) is 64.2 Å². The van der Waals surface area contributed by atoms with Crippen molar-refractivity contribution in [2.45, 2.75) is 19.6 Å². The summed E-state index contributed by atoms with van der Waals surface area (Å²) in [5.41, 5.74) is -0.0586. The van der Waals surface area contributed by atoms with Crippen molar-refractivity contribution in [3.63, 3.8) is 0 Å². The maximum atomic E-state index is 12.6. The van der Waals surface area contributed by atoms with E-state index in [2.05, 4.69) is 4.98 Å². The highest BCUT2D eigenvalue weighted by Crippen LogP contribution is 2.32. The summed E-state index contributed by atoms with van der Waals surface area (Å²) in [6, 6.07) is 0. The SMILES string of the molecule is CCN(C)Cc1c([N+](=O)[O-])nc(C(F)(F)F)n1C. The molecule has 0 radical (unpaired) electrons. The van der Waals surface area contributed by atoms with Gasteiger partial charge in [0, 0.05) is 13.6 Å². The molecule has 0 saturated heterocycles. The van der Waals surface area contributed by atoms with Crippen molar-refractivity contribution in [3.05, 3.63) is 21.6 Å². The van der Waals surface area contributed by atoms with Gasteiger partial charge < -0.3 is 15.0 Å². The smallest absolute Gasteiger partial charge is 0.358 e. The minimum atomic E-state index is -4.71. The quantitative estimate of drug-likeness (QED) is 0.615. The van der Waals surface area contributed by atoms with Crippen LogP contribution in [0.5, 0.6) is 0 Å². The van der Waals surface area contributed by atoms with Gasteiger partial charge in [0.25, 0.3) is 0 Å². The van der Waals surface area contributed by atoms with Gasteiger partial charge in [-0.2, -0.15) is 13.2 Å². The van der Waals surface area contributed by atoms with Crippen LogP contribution in [0.15, 0.2) is 0 Å². The normalized spacial score (nSPS) is 12.2. The second kappa shape index (κ2) is 4.92. The third-order valence-corrected chi connectivity index (χ3v) is 2.58. The molecule has 0 N–H and O–H groups in total. The average molecular weight is 266 g/mol. The van der Waals surface area contributed by atoms with Gasteiger partial charge in [0.15, 0.2) is 0 Å². The highest BCUT2D eigenvalue weighted by Gasteiger charge is 2.44. The Hall–Kier alpha value is -1.64. The fourth-order valence-corrected chi connectivity index (χ4v) is 1.46. The Labute approximate surface area is 101 Å². The van der Waals surface area contributed by atoms with Gasteiger partial charge in [-0.1, -0.05) is 6.92 Å². The van der Waals surface area contributed by atoms with Crippen LogP contribution in [0, 0.1) is 10.1 Å². The lowest BCUT2D eigenvalue weighted by molar-refractivity contribution is -0.390. The molecular weight excluding hydrogens is 253 g/mol. The number of halogens is 3. The van der Waals surface area contributed by atoms with Gasteiger partial charge in [0.1, 0.15) is 5.69 Å². The lowest BCUT2D eigenvalue weighted by Crippen LogP contribution is -2.20. The highest BCUT2D eigenvalue weighted by molar-refractivity contribution is 5.30. The average Bonchev–Trinajstić information content (AvgIpc) is 2.56. The van der Waals surface area contributed by atoms with Gasteiger partial charge in [0.2, 0.25) is 0 Å². The summed E-state index contributed by atoms with van der Waals surface area (Å²) in [5.74, 6) is -2.00. The number of alkyl halides is 3. The first-order valence-corrected chi connectivity index (χ1v) is 5.14. The summed E-state index contributed by atoms with van der Waals surface area (Å²) in [5, 5.41) is 10.7. The molecule has 0 aromatic carbocycles. The predicted octanol–water partition coefficient (Wildman–Crippen LogP) is 1.80. The van der Waals surface area contributed by atoms with Crippen molar-refractivity contribution in [1.82, 2.24) is 14.5 Å². The molecule has 1 heterocycles. The van der Waals surface area contributed by atoms with Crippen molar-refractivity contribution >= 4 is 5.82 Å². The van der Waals surface area contributed by atoms with Gasteiger partial charge in [-0.15, -0.1) is 0 Å². The fourth-order valence-electron chi connectivity index (χ4n) is 1.46. The van der Waals surface area contributed by atoms with Gasteiger partial charge in [0.05, 0.1) is 0 Å². The Morgan fingerprint density at radius 3 is 2.44 bits per heavy atom. The molecule has 0 spiro atoms. The maximum absolute atomic E-state index is 12.6. The van der Waals surface area contributed by atoms with E-state index < -0.39 is 22.7 Å². The Morgan fingerprint density at radius 1 is 1.50 bits per heavy atom. The van der Waals surface area contributed by atoms with Crippen molar-refractivity contribution < 1.29 is 18.1 Å². The van der Waals surface area contributed by atoms with Crippen LogP contribution >= 0.6 is 0 Å². The summed E-state index contributed by atoms with van der Waals surface area (Å²) in [6.45, 7) is 2.39. The van der Waals surface area contributed by atoms with E-state index in [-0.39, 0.29) is 12.2 Å². The zero-order valence-electron chi connectivity index (χ0n) is 10.2. The van der Waals surface area contributed by atoms with E-state index in [9.17, 15) is 23.3 Å². The number of hydrogen-bond acceptors (Lipinski definition) is 4. The molecule has 1 aromatic heterocycles. The van der Waals surface area contributed by atoms with E-state index >= 15 is 0 Å². The van der Waals surface area contributed by atoms with Crippen molar-refractivity contribution in [2.75, 3.05) is 13.6 Å². The standard InChI is InChI=1S/C9H13F3N4O2/c1-4-14(2)5-6-7(16(17)18)13-8(15(6)3)9(10,11)12/h4-5H2,1-3H3. The number of nitrogens with zero attached hydrogens (tertiary/aromatic N) is 4. The largest absolute Gasteiger partial charge is 0.475 e. The summed E-state index contributed by atoms with van der Waals surface area (Å²) >= 11 is 0. The number of aromatic nitrogens is 2.